The van der Waals surface area contributed by atoms with E-state index >= 15 is 0 Å². The number of hydrogen-bond donors (Lipinski definition) is 1. The average Bonchev–Trinajstić information content (AvgIpc) is 2.97. The third kappa shape index (κ3) is 4.88. The molecule has 2 aromatic rings. The first-order chi connectivity index (χ1) is 12.8. The van der Waals surface area contributed by atoms with Gasteiger partial charge in [0.15, 0.2) is 0 Å². The highest BCUT2D eigenvalue weighted by atomic mass is 35.5. The molecule has 142 valence electrons. The summed E-state index contributed by atoms with van der Waals surface area (Å²) in [5.41, 5.74) is 1.16. The molecule has 1 aromatic heterocycles. The van der Waals surface area contributed by atoms with Crippen LogP contribution >= 0.6 is 34.5 Å². The van der Waals surface area contributed by atoms with Gasteiger partial charge in [0.2, 0.25) is 5.91 Å². The van der Waals surface area contributed by atoms with Gasteiger partial charge in [-0.2, -0.15) is 0 Å². The second-order valence-electron chi connectivity index (χ2n) is 5.24. The zero-order valence-electron chi connectivity index (χ0n) is 14.6. The van der Waals surface area contributed by atoms with Crippen molar-refractivity contribution in [3.8, 4) is 0 Å². The Morgan fingerprint density at radius 2 is 1.74 bits per heavy atom. The molecular formula is C18H15Cl2NO5S. The minimum Gasteiger partial charge on any atom is -0.465 e. The highest BCUT2D eigenvalue weighted by Crippen LogP contribution is 2.34. The number of benzene rings is 1. The van der Waals surface area contributed by atoms with E-state index in [4.69, 9.17) is 32.7 Å². The van der Waals surface area contributed by atoms with E-state index < -0.39 is 17.8 Å². The fourth-order valence-corrected chi connectivity index (χ4v) is 3.60. The monoisotopic (exact) mass is 427 g/mol. The summed E-state index contributed by atoms with van der Waals surface area (Å²) >= 11 is 12.7. The van der Waals surface area contributed by atoms with E-state index in [0.29, 0.717) is 21.2 Å². The number of thiophene rings is 1. The number of halogens is 2. The van der Waals surface area contributed by atoms with E-state index in [9.17, 15) is 14.4 Å². The van der Waals surface area contributed by atoms with Crippen molar-refractivity contribution in [2.45, 2.75) is 6.92 Å². The molecule has 0 bridgehead atoms. The maximum Gasteiger partial charge on any atom is 0.348 e. The smallest absolute Gasteiger partial charge is 0.348 e. The van der Waals surface area contributed by atoms with Crippen LogP contribution in [0.15, 0.2) is 24.3 Å². The van der Waals surface area contributed by atoms with Crippen molar-refractivity contribution in [2.75, 3.05) is 19.5 Å². The predicted molar refractivity (Wildman–Crippen MR) is 106 cm³/mol. The standard InChI is InChI=1S/C18H15Cl2NO5S/c1-9-14(17(23)25-2)16(27-15(9)18(24)26-3)21-13(22)7-5-10-4-6-11(19)12(20)8-10/h4-8H,1-3H3,(H,21,22)/b7-5+. The highest BCUT2D eigenvalue weighted by Gasteiger charge is 2.26. The lowest BCUT2D eigenvalue weighted by molar-refractivity contribution is -0.111. The largest absolute Gasteiger partial charge is 0.465 e. The third-order valence-corrected chi connectivity index (χ3v) is 5.44. The van der Waals surface area contributed by atoms with Gasteiger partial charge < -0.3 is 14.8 Å². The highest BCUT2D eigenvalue weighted by molar-refractivity contribution is 7.18. The van der Waals surface area contributed by atoms with Crippen molar-refractivity contribution in [3.63, 3.8) is 0 Å². The van der Waals surface area contributed by atoms with Crippen LogP contribution in [0.4, 0.5) is 5.00 Å². The number of carbonyl (C=O) groups is 3. The summed E-state index contributed by atoms with van der Waals surface area (Å²) in [7, 11) is 2.45. The van der Waals surface area contributed by atoms with Crippen LogP contribution in [0.5, 0.6) is 0 Å². The van der Waals surface area contributed by atoms with E-state index in [1.807, 2.05) is 0 Å². The maximum absolute atomic E-state index is 12.2. The average molecular weight is 428 g/mol. The number of esters is 2. The molecule has 0 atom stereocenters. The number of methoxy groups -OCH3 is 2. The maximum atomic E-state index is 12.2. The first kappa shape index (κ1) is 21.0. The predicted octanol–water partition coefficient (Wildman–Crippen LogP) is 4.59. The summed E-state index contributed by atoms with van der Waals surface area (Å²) in [5, 5.41) is 3.56. The van der Waals surface area contributed by atoms with Gasteiger partial charge in [-0.25, -0.2) is 9.59 Å². The molecule has 0 aliphatic carbocycles. The summed E-state index contributed by atoms with van der Waals surface area (Å²) in [4.78, 5) is 36.4. The fraction of sp³-hybridized carbons (Fsp3) is 0.167. The summed E-state index contributed by atoms with van der Waals surface area (Å²) in [6.07, 6.45) is 2.81. The second-order valence-corrected chi connectivity index (χ2v) is 7.07. The zero-order valence-corrected chi connectivity index (χ0v) is 16.9. The SMILES string of the molecule is COC(=O)c1sc(NC(=O)/C=C/c2ccc(Cl)c(Cl)c2)c(C(=O)OC)c1C. The van der Waals surface area contributed by atoms with Gasteiger partial charge in [-0.1, -0.05) is 29.3 Å². The fourth-order valence-electron chi connectivity index (χ4n) is 2.18. The van der Waals surface area contributed by atoms with Gasteiger partial charge in [0.1, 0.15) is 9.88 Å². The molecule has 1 amide bonds. The van der Waals surface area contributed by atoms with E-state index in [1.165, 1.54) is 26.4 Å². The number of carbonyl (C=O) groups excluding carboxylic acids is 3. The molecule has 0 aliphatic rings. The Morgan fingerprint density at radius 3 is 2.33 bits per heavy atom. The Kier molecular flexibility index (Phi) is 7.01. The zero-order chi connectivity index (χ0) is 20.1. The third-order valence-electron chi connectivity index (χ3n) is 3.51. The Bertz CT molecular complexity index is 936. The molecule has 9 heteroatoms. The van der Waals surface area contributed by atoms with Crippen LogP contribution in [0, 0.1) is 6.92 Å². The van der Waals surface area contributed by atoms with Gasteiger partial charge in [0.25, 0.3) is 0 Å². The minimum absolute atomic E-state index is 0.110. The molecule has 1 aromatic carbocycles. The van der Waals surface area contributed by atoms with Gasteiger partial charge >= 0.3 is 11.9 Å². The van der Waals surface area contributed by atoms with Crippen molar-refractivity contribution >= 4 is 63.5 Å². The van der Waals surface area contributed by atoms with E-state index in [1.54, 1.807) is 25.1 Å². The van der Waals surface area contributed by atoms with Gasteiger partial charge in [0.05, 0.1) is 29.8 Å². The molecule has 0 saturated heterocycles. The quantitative estimate of drug-likeness (QED) is 0.557. The molecule has 0 radical (unpaired) electrons. The number of rotatable bonds is 5. The Labute approximate surface area is 169 Å². The molecule has 0 aliphatic heterocycles. The van der Waals surface area contributed by atoms with Gasteiger partial charge in [0, 0.05) is 6.08 Å². The van der Waals surface area contributed by atoms with Crippen LogP contribution in [0.3, 0.4) is 0 Å². The number of nitrogens with one attached hydrogen (secondary N) is 1. The molecule has 1 N–H and O–H groups in total. The lowest BCUT2D eigenvalue weighted by Gasteiger charge is -2.04. The Balaban J connectivity index is 2.28. The number of anilines is 1. The van der Waals surface area contributed by atoms with E-state index in [2.05, 4.69) is 5.32 Å². The molecule has 0 fully saturated rings. The first-order valence-corrected chi connectivity index (χ1v) is 9.09. The topological polar surface area (TPSA) is 81.7 Å². The lowest BCUT2D eigenvalue weighted by atomic mass is 10.1. The van der Waals surface area contributed by atoms with Crippen LogP contribution in [0.2, 0.25) is 10.0 Å². The summed E-state index contributed by atoms with van der Waals surface area (Å²) in [5.74, 6) is -1.76. The Morgan fingerprint density at radius 1 is 1.07 bits per heavy atom. The molecule has 0 spiro atoms. The van der Waals surface area contributed by atoms with Gasteiger partial charge in [-0.3, -0.25) is 4.79 Å². The van der Waals surface area contributed by atoms with Crippen molar-refractivity contribution in [3.05, 3.63) is 55.9 Å². The molecule has 0 saturated carbocycles. The second kappa shape index (κ2) is 9.03. The van der Waals surface area contributed by atoms with E-state index in [-0.39, 0.29) is 15.4 Å². The molecule has 2 rings (SSSR count). The van der Waals surface area contributed by atoms with Crippen LogP contribution in [0.1, 0.15) is 31.2 Å². The molecule has 0 unspecified atom stereocenters. The molecular weight excluding hydrogens is 413 g/mol. The lowest BCUT2D eigenvalue weighted by Crippen LogP contribution is -2.11. The number of amides is 1. The van der Waals surface area contributed by atoms with Crippen LogP contribution in [-0.2, 0) is 14.3 Å². The van der Waals surface area contributed by atoms with Crippen LogP contribution in [0.25, 0.3) is 6.08 Å². The van der Waals surface area contributed by atoms with Crippen molar-refractivity contribution in [2.24, 2.45) is 0 Å². The van der Waals surface area contributed by atoms with Crippen molar-refractivity contribution in [1.29, 1.82) is 0 Å². The van der Waals surface area contributed by atoms with Crippen LogP contribution < -0.4 is 5.32 Å². The Hall–Kier alpha value is -2.35. The molecule has 6 nitrogen and oxygen atoms in total. The molecule has 27 heavy (non-hydrogen) atoms. The van der Waals surface area contributed by atoms with Crippen molar-refractivity contribution in [1.82, 2.24) is 0 Å². The summed E-state index contributed by atoms with van der Waals surface area (Å²) < 4.78 is 9.44. The molecule has 1 heterocycles. The normalized spacial score (nSPS) is 10.7. The first-order valence-electron chi connectivity index (χ1n) is 7.52. The van der Waals surface area contributed by atoms with Gasteiger partial charge in [-0.15, -0.1) is 11.3 Å². The minimum atomic E-state index is -0.664. The van der Waals surface area contributed by atoms with E-state index in [0.717, 1.165) is 11.3 Å². The summed E-state index contributed by atoms with van der Waals surface area (Å²) in [6, 6.07) is 4.92. The van der Waals surface area contributed by atoms with Gasteiger partial charge in [-0.05, 0) is 36.3 Å². The van der Waals surface area contributed by atoms with Crippen molar-refractivity contribution < 1.29 is 23.9 Å². The summed E-state index contributed by atoms with van der Waals surface area (Å²) in [6.45, 7) is 1.58. The number of ether oxygens (including phenoxy) is 2. The van der Waals surface area contributed by atoms with Crippen LogP contribution in [-0.4, -0.2) is 32.1 Å². The number of hydrogen-bond acceptors (Lipinski definition) is 6.